The first-order valence-corrected chi connectivity index (χ1v) is 8.14. The van der Waals surface area contributed by atoms with Crippen molar-refractivity contribution in [1.82, 2.24) is 5.01 Å². The first-order valence-electron chi connectivity index (χ1n) is 8.14. The molecule has 0 N–H and O–H groups in total. The Morgan fingerprint density at radius 1 is 1.36 bits per heavy atom. The Morgan fingerprint density at radius 2 is 2.12 bits per heavy atom. The fraction of sp³-hybridized carbons (Fsp3) is 0.444. The molecule has 0 saturated carbocycles. The average Bonchev–Trinajstić information content (AvgIpc) is 3.08. The van der Waals surface area contributed by atoms with Crippen molar-refractivity contribution in [3.63, 3.8) is 0 Å². The zero-order valence-electron chi connectivity index (χ0n) is 14.8. The van der Waals surface area contributed by atoms with Crippen LogP contribution in [0.3, 0.4) is 0 Å². The van der Waals surface area contributed by atoms with Crippen LogP contribution in [-0.4, -0.2) is 42.1 Å². The zero-order valence-corrected chi connectivity index (χ0v) is 14.8. The topological polar surface area (TPSA) is 68.3 Å². The third-order valence-electron chi connectivity index (χ3n) is 3.90. The molecular weight excluding hydrogens is 324 g/mol. The Hall–Kier alpha value is -2.70. The lowest BCUT2D eigenvalue weighted by Gasteiger charge is -2.34. The highest BCUT2D eigenvalue weighted by molar-refractivity contribution is 5.92. The van der Waals surface area contributed by atoms with Crippen LogP contribution in [0.2, 0.25) is 0 Å². The van der Waals surface area contributed by atoms with Crippen molar-refractivity contribution in [1.29, 1.82) is 0 Å². The van der Waals surface area contributed by atoms with Gasteiger partial charge in [-0.15, -0.1) is 0 Å². The summed E-state index contributed by atoms with van der Waals surface area (Å²) >= 11 is 0. The number of amides is 2. The van der Waals surface area contributed by atoms with E-state index in [2.05, 4.69) is 0 Å². The molecule has 1 saturated heterocycles. The molecule has 0 spiro atoms. The predicted octanol–water partition coefficient (Wildman–Crippen LogP) is 3.50. The number of hydrazine groups is 1. The van der Waals surface area contributed by atoms with Gasteiger partial charge in [-0.2, -0.15) is 5.01 Å². The number of benzene rings is 1. The van der Waals surface area contributed by atoms with E-state index in [-0.39, 0.29) is 12.1 Å². The number of rotatable bonds is 3. The quantitative estimate of drug-likeness (QED) is 0.784. The smallest absolute Gasteiger partial charge is 0.434 e. The molecule has 0 radical (unpaired) electrons. The molecule has 0 bridgehead atoms. The predicted molar refractivity (Wildman–Crippen MR) is 91.4 cm³/mol. The fourth-order valence-corrected chi connectivity index (χ4v) is 2.87. The van der Waals surface area contributed by atoms with Crippen molar-refractivity contribution in [3.05, 3.63) is 36.4 Å². The lowest BCUT2D eigenvalue weighted by Crippen LogP contribution is -2.53. The maximum atomic E-state index is 12.9. The molecule has 2 aliphatic rings. The van der Waals surface area contributed by atoms with Gasteiger partial charge in [-0.25, -0.2) is 14.6 Å². The van der Waals surface area contributed by atoms with Crippen molar-refractivity contribution in [2.45, 2.75) is 44.9 Å². The molecule has 2 atom stereocenters. The molecule has 0 aromatic heterocycles. The summed E-state index contributed by atoms with van der Waals surface area (Å²) in [4.78, 5) is 25.3. The van der Waals surface area contributed by atoms with Gasteiger partial charge in [0.1, 0.15) is 23.5 Å². The minimum atomic E-state index is -0.703. The average molecular weight is 346 g/mol. The van der Waals surface area contributed by atoms with Gasteiger partial charge >= 0.3 is 12.2 Å². The van der Waals surface area contributed by atoms with E-state index >= 15 is 0 Å². The fourth-order valence-electron chi connectivity index (χ4n) is 2.87. The summed E-state index contributed by atoms with van der Waals surface area (Å²) in [6.45, 7) is 5.32. The summed E-state index contributed by atoms with van der Waals surface area (Å²) in [5.41, 5.74) is -0.233. The number of fused-ring (bicyclic) bond motifs is 1. The first-order chi connectivity index (χ1) is 11.8. The number of hydrogen-bond acceptors (Lipinski definition) is 5. The minimum absolute atomic E-state index is 0.272. The summed E-state index contributed by atoms with van der Waals surface area (Å²) in [7, 11) is 1.54. The zero-order chi connectivity index (χ0) is 18.2. The molecule has 25 heavy (non-hydrogen) atoms. The van der Waals surface area contributed by atoms with Crippen LogP contribution in [-0.2, 0) is 9.47 Å². The molecule has 134 valence electrons. The Balaban J connectivity index is 1.99. The van der Waals surface area contributed by atoms with Gasteiger partial charge in [0.2, 0.25) is 0 Å². The van der Waals surface area contributed by atoms with Crippen molar-refractivity contribution >= 4 is 17.9 Å². The van der Waals surface area contributed by atoms with E-state index in [0.717, 1.165) is 0 Å². The molecule has 1 heterocycles. The van der Waals surface area contributed by atoms with Crippen LogP contribution in [0.1, 0.15) is 27.2 Å². The summed E-state index contributed by atoms with van der Waals surface area (Å²) in [6.07, 6.45) is 2.80. The molecule has 1 aromatic rings. The summed E-state index contributed by atoms with van der Waals surface area (Å²) in [5.74, 6) is 0.569. The van der Waals surface area contributed by atoms with E-state index in [1.165, 1.54) is 17.1 Å². The van der Waals surface area contributed by atoms with Crippen LogP contribution in [0.5, 0.6) is 5.75 Å². The monoisotopic (exact) mass is 346 g/mol. The van der Waals surface area contributed by atoms with Gasteiger partial charge in [0.25, 0.3) is 0 Å². The Bertz CT molecular complexity index is 710. The van der Waals surface area contributed by atoms with Gasteiger partial charge in [0.05, 0.1) is 12.8 Å². The number of ether oxygens (including phenoxy) is 3. The van der Waals surface area contributed by atoms with Gasteiger partial charge in [0, 0.05) is 6.07 Å². The second kappa shape index (κ2) is 6.31. The Morgan fingerprint density at radius 3 is 2.80 bits per heavy atom. The van der Waals surface area contributed by atoms with Crippen molar-refractivity contribution in [2.75, 3.05) is 12.1 Å². The van der Waals surface area contributed by atoms with Crippen molar-refractivity contribution in [3.8, 4) is 5.75 Å². The van der Waals surface area contributed by atoms with Crippen molar-refractivity contribution in [2.24, 2.45) is 0 Å². The third kappa shape index (κ3) is 3.40. The highest BCUT2D eigenvalue weighted by Crippen LogP contribution is 2.34. The number of carbonyl (C=O) groups is 2. The molecular formula is C18H22N2O5. The molecule has 7 nitrogen and oxygen atoms in total. The molecule has 0 unspecified atom stereocenters. The van der Waals surface area contributed by atoms with E-state index in [1.807, 2.05) is 12.2 Å². The van der Waals surface area contributed by atoms with Crippen LogP contribution in [0.15, 0.2) is 36.4 Å². The summed E-state index contributed by atoms with van der Waals surface area (Å²) in [5, 5.41) is 2.56. The standard InChI is InChI=1S/C18H22N2O5/c1-18(2,3)25-17(22)19(12-7-5-8-13(11-12)23-4)20-14-9-6-10-15(14)24-16(20)21/h5-8,10-11,14-15H,9H2,1-4H3/t14-,15+/m0/s1. The molecule has 1 fully saturated rings. The van der Waals surface area contributed by atoms with E-state index < -0.39 is 17.8 Å². The molecule has 1 aliphatic heterocycles. The summed E-state index contributed by atoms with van der Waals surface area (Å²) < 4.78 is 16.1. The van der Waals surface area contributed by atoms with Gasteiger partial charge in [-0.1, -0.05) is 12.1 Å². The molecule has 3 rings (SSSR count). The third-order valence-corrected chi connectivity index (χ3v) is 3.90. The normalized spacial score (nSPS) is 21.8. The Kier molecular flexibility index (Phi) is 4.32. The number of methoxy groups -OCH3 is 1. The highest BCUT2D eigenvalue weighted by atomic mass is 16.6. The number of nitrogens with zero attached hydrogens (tertiary/aromatic N) is 2. The van der Waals surface area contributed by atoms with Gasteiger partial charge in [-0.3, -0.25) is 0 Å². The highest BCUT2D eigenvalue weighted by Gasteiger charge is 2.48. The van der Waals surface area contributed by atoms with Crippen LogP contribution in [0.4, 0.5) is 15.3 Å². The Labute approximate surface area is 146 Å². The van der Waals surface area contributed by atoms with Gasteiger partial charge in [-0.05, 0) is 45.4 Å². The van der Waals surface area contributed by atoms with E-state index in [1.54, 1.807) is 45.0 Å². The van der Waals surface area contributed by atoms with E-state index in [0.29, 0.717) is 17.9 Å². The molecule has 7 heteroatoms. The van der Waals surface area contributed by atoms with Crippen LogP contribution >= 0.6 is 0 Å². The maximum absolute atomic E-state index is 12.9. The maximum Gasteiger partial charge on any atom is 0.434 e. The summed E-state index contributed by atoms with van der Waals surface area (Å²) in [6, 6.07) is 6.63. The van der Waals surface area contributed by atoms with Crippen LogP contribution in [0.25, 0.3) is 0 Å². The minimum Gasteiger partial charge on any atom is -0.497 e. The lowest BCUT2D eigenvalue weighted by molar-refractivity contribution is 0.0472. The molecule has 1 aromatic carbocycles. The first kappa shape index (κ1) is 17.1. The molecule has 2 amide bonds. The largest absolute Gasteiger partial charge is 0.497 e. The van der Waals surface area contributed by atoms with E-state index in [9.17, 15) is 9.59 Å². The SMILES string of the molecule is COc1cccc(N(C(=O)OC(C)(C)C)N2C(=O)O[C@@H]3C=CC[C@@H]32)c1. The number of carbonyl (C=O) groups excluding carboxylic acids is 2. The van der Waals surface area contributed by atoms with Gasteiger partial charge in [0.15, 0.2) is 0 Å². The number of hydrogen-bond donors (Lipinski definition) is 0. The number of anilines is 1. The molecule has 1 aliphatic carbocycles. The van der Waals surface area contributed by atoms with Crippen molar-refractivity contribution < 1.29 is 23.8 Å². The lowest BCUT2D eigenvalue weighted by atomic mass is 10.2. The second-order valence-corrected chi connectivity index (χ2v) is 6.92. The van der Waals surface area contributed by atoms with Gasteiger partial charge < -0.3 is 14.2 Å². The second-order valence-electron chi connectivity index (χ2n) is 6.92. The van der Waals surface area contributed by atoms with Crippen LogP contribution in [0, 0.1) is 0 Å². The van der Waals surface area contributed by atoms with Crippen LogP contribution < -0.4 is 9.75 Å². The van der Waals surface area contributed by atoms with E-state index in [4.69, 9.17) is 14.2 Å².